The quantitative estimate of drug-likeness (QED) is 0.783. The number of hydrogen-bond acceptors (Lipinski definition) is 3. The predicted octanol–water partition coefficient (Wildman–Crippen LogP) is 1.32. The van der Waals surface area contributed by atoms with Crippen molar-refractivity contribution in [2.24, 2.45) is 0 Å². The summed E-state index contributed by atoms with van der Waals surface area (Å²) in [6.07, 6.45) is 0. The van der Waals surface area contributed by atoms with Crippen molar-refractivity contribution in [1.29, 1.82) is 0 Å². The van der Waals surface area contributed by atoms with Gasteiger partial charge in [-0.2, -0.15) is 5.10 Å². The summed E-state index contributed by atoms with van der Waals surface area (Å²) in [5.41, 5.74) is 1.32. The molecule has 2 rings (SSSR count). The smallest absolute Gasteiger partial charge is 0.272 e. The predicted molar refractivity (Wildman–Crippen MR) is 74.2 cm³/mol. The van der Waals surface area contributed by atoms with Crippen molar-refractivity contribution in [3.63, 3.8) is 0 Å². The first kappa shape index (κ1) is 14.5. The van der Waals surface area contributed by atoms with Crippen LogP contribution in [0.25, 0.3) is 10.9 Å². The number of aromatic amines is 1. The molecule has 98 valence electrons. The Morgan fingerprint density at radius 2 is 2.17 bits per heavy atom. The van der Waals surface area contributed by atoms with Crippen LogP contribution in [-0.4, -0.2) is 35.7 Å². The molecule has 1 heterocycles. The van der Waals surface area contributed by atoms with E-state index in [0.29, 0.717) is 12.2 Å². The zero-order valence-electron chi connectivity index (χ0n) is 10.4. The molecular formula is C12H17ClN4O. The van der Waals surface area contributed by atoms with Crippen LogP contribution >= 0.6 is 12.4 Å². The number of para-hydroxylation sites is 1. The van der Waals surface area contributed by atoms with Crippen molar-refractivity contribution in [3.8, 4) is 0 Å². The molecule has 0 saturated carbocycles. The number of hydrogen-bond donors (Lipinski definition) is 3. The summed E-state index contributed by atoms with van der Waals surface area (Å²) in [6.45, 7) is 2.58. The maximum absolute atomic E-state index is 11.9. The SMILES string of the molecule is CNC(C)CNC(=O)c1n[nH]c2ccccc12.Cl. The molecule has 0 fully saturated rings. The molecule has 3 N–H and O–H groups in total. The van der Waals surface area contributed by atoms with Crippen molar-refractivity contribution in [3.05, 3.63) is 30.0 Å². The third-order valence-corrected chi connectivity index (χ3v) is 2.75. The van der Waals surface area contributed by atoms with Crippen molar-refractivity contribution in [1.82, 2.24) is 20.8 Å². The van der Waals surface area contributed by atoms with Crippen molar-refractivity contribution < 1.29 is 4.79 Å². The number of benzene rings is 1. The third kappa shape index (κ3) is 3.00. The largest absolute Gasteiger partial charge is 0.349 e. The first-order valence-electron chi connectivity index (χ1n) is 5.61. The van der Waals surface area contributed by atoms with E-state index in [1.807, 2.05) is 38.2 Å². The number of halogens is 1. The highest BCUT2D eigenvalue weighted by Gasteiger charge is 2.13. The minimum atomic E-state index is -0.149. The van der Waals surface area contributed by atoms with Gasteiger partial charge in [0.25, 0.3) is 5.91 Å². The molecule has 0 bridgehead atoms. The fourth-order valence-electron chi connectivity index (χ4n) is 1.57. The average molecular weight is 269 g/mol. The van der Waals surface area contributed by atoms with Gasteiger partial charge in [-0.1, -0.05) is 18.2 Å². The van der Waals surface area contributed by atoms with Gasteiger partial charge in [0.05, 0.1) is 5.52 Å². The molecule has 1 amide bonds. The number of fused-ring (bicyclic) bond motifs is 1. The van der Waals surface area contributed by atoms with Gasteiger partial charge in [0.2, 0.25) is 0 Å². The van der Waals surface area contributed by atoms with E-state index in [2.05, 4.69) is 20.8 Å². The molecule has 18 heavy (non-hydrogen) atoms. The van der Waals surface area contributed by atoms with Crippen LogP contribution in [0.5, 0.6) is 0 Å². The molecule has 1 unspecified atom stereocenters. The number of likely N-dealkylation sites (N-methyl/N-ethyl adjacent to an activating group) is 1. The Morgan fingerprint density at radius 3 is 2.89 bits per heavy atom. The van der Waals surface area contributed by atoms with Crippen LogP contribution in [0.4, 0.5) is 0 Å². The fourth-order valence-corrected chi connectivity index (χ4v) is 1.57. The van der Waals surface area contributed by atoms with Gasteiger partial charge in [-0.05, 0) is 20.0 Å². The summed E-state index contributed by atoms with van der Waals surface area (Å²) < 4.78 is 0. The van der Waals surface area contributed by atoms with E-state index in [0.717, 1.165) is 10.9 Å². The lowest BCUT2D eigenvalue weighted by Gasteiger charge is -2.10. The molecular weight excluding hydrogens is 252 g/mol. The van der Waals surface area contributed by atoms with Crippen LogP contribution < -0.4 is 10.6 Å². The zero-order chi connectivity index (χ0) is 12.3. The average Bonchev–Trinajstić information content (AvgIpc) is 2.79. The van der Waals surface area contributed by atoms with Crippen LogP contribution in [0, 0.1) is 0 Å². The standard InChI is InChI=1S/C12H16N4O.ClH/c1-8(13-2)7-14-12(17)11-9-5-3-4-6-10(9)15-16-11;/h3-6,8,13H,7H2,1-2H3,(H,14,17)(H,15,16);1H. The number of nitrogens with one attached hydrogen (secondary N) is 3. The molecule has 0 aliphatic rings. The molecule has 6 heteroatoms. The maximum Gasteiger partial charge on any atom is 0.272 e. The van der Waals surface area contributed by atoms with Crippen LogP contribution in [0.2, 0.25) is 0 Å². The van der Waals surface area contributed by atoms with Crippen molar-refractivity contribution in [2.75, 3.05) is 13.6 Å². The second-order valence-corrected chi connectivity index (χ2v) is 4.02. The Balaban J connectivity index is 0.00000162. The van der Waals surface area contributed by atoms with Crippen LogP contribution in [0.15, 0.2) is 24.3 Å². The summed E-state index contributed by atoms with van der Waals surface area (Å²) in [5.74, 6) is -0.149. The first-order valence-corrected chi connectivity index (χ1v) is 5.61. The Labute approximate surface area is 112 Å². The third-order valence-electron chi connectivity index (χ3n) is 2.75. The van der Waals surface area contributed by atoms with Gasteiger partial charge in [0, 0.05) is 18.0 Å². The van der Waals surface area contributed by atoms with E-state index in [1.165, 1.54) is 0 Å². The molecule has 5 nitrogen and oxygen atoms in total. The second kappa shape index (κ2) is 6.37. The highest BCUT2D eigenvalue weighted by molar-refractivity contribution is 6.04. The van der Waals surface area contributed by atoms with Gasteiger partial charge in [-0.25, -0.2) is 0 Å². The lowest BCUT2D eigenvalue weighted by atomic mass is 10.2. The van der Waals surface area contributed by atoms with E-state index < -0.39 is 0 Å². The zero-order valence-corrected chi connectivity index (χ0v) is 11.2. The number of nitrogens with zero attached hydrogens (tertiary/aromatic N) is 1. The van der Waals surface area contributed by atoms with Gasteiger partial charge >= 0.3 is 0 Å². The summed E-state index contributed by atoms with van der Waals surface area (Å²) >= 11 is 0. The van der Waals surface area contributed by atoms with Crippen molar-refractivity contribution >= 4 is 29.2 Å². The lowest BCUT2D eigenvalue weighted by Crippen LogP contribution is -2.37. The minimum absolute atomic E-state index is 0. The molecule has 1 atom stereocenters. The first-order chi connectivity index (χ1) is 8.22. The summed E-state index contributed by atoms with van der Waals surface area (Å²) in [6, 6.07) is 7.82. The summed E-state index contributed by atoms with van der Waals surface area (Å²) in [5, 5.41) is 13.6. The van der Waals surface area contributed by atoms with Crippen LogP contribution in [-0.2, 0) is 0 Å². The summed E-state index contributed by atoms with van der Waals surface area (Å²) in [4.78, 5) is 11.9. The summed E-state index contributed by atoms with van der Waals surface area (Å²) in [7, 11) is 1.86. The van der Waals surface area contributed by atoms with Gasteiger partial charge in [0.1, 0.15) is 0 Å². The molecule has 1 aromatic heterocycles. The molecule has 1 aromatic carbocycles. The Kier molecular flexibility index (Phi) is 5.12. The normalized spacial score (nSPS) is 11.9. The Hall–Kier alpha value is -1.59. The minimum Gasteiger partial charge on any atom is -0.349 e. The Morgan fingerprint density at radius 1 is 1.44 bits per heavy atom. The molecule has 0 radical (unpaired) electrons. The molecule has 0 saturated heterocycles. The van der Waals surface area contributed by atoms with Crippen LogP contribution in [0.1, 0.15) is 17.4 Å². The second-order valence-electron chi connectivity index (χ2n) is 4.02. The van der Waals surface area contributed by atoms with Crippen LogP contribution in [0.3, 0.4) is 0 Å². The fraction of sp³-hybridized carbons (Fsp3) is 0.333. The van der Waals surface area contributed by atoms with E-state index in [9.17, 15) is 4.79 Å². The number of H-pyrrole nitrogens is 1. The molecule has 0 aliphatic heterocycles. The highest BCUT2D eigenvalue weighted by Crippen LogP contribution is 2.14. The number of rotatable bonds is 4. The number of carbonyl (C=O) groups is 1. The van der Waals surface area contributed by atoms with Gasteiger partial charge in [-0.15, -0.1) is 12.4 Å². The molecule has 0 spiro atoms. The Bertz CT molecular complexity index is 526. The number of carbonyl (C=O) groups excluding carboxylic acids is 1. The molecule has 0 aliphatic carbocycles. The highest BCUT2D eigenvalue weighted by atomic mass is 35.5. The van der Waals surface area contributed by atoms with Crippen molar-refractivity contribution in [2.45, 2.75) is 13.0 Å². The van der Waals surface area contributed by atoms with E-state index in [-0.39, 0.29) is 24.4 Å². The lowest BCUT2D eigenvalue weighted by molar-refractivity contribution is 0.0947. The molecule has 2 aromatic rings. The van der Waals surface area contributed by atoms with Gasteiger partial charge in [0.15, 0.2) is 5.69 Å². The monoisotopic (exact) mass is 268 g/mol. The van der Waals surface area contributed by atoms with Gasteiger partial charge in [-0.3, -0.25) is 9.89 Å². The maximum atomic E-state index is 11.9. The topological polar surface area (TPSA) is 69.8 Å². The number of aromatic nitrogens is 2. The van der Waals surface area contributed by atoms with E-state index in [1.54, 1.807) is 0 Å². The van der Waals surface area contributed by atoms with Gasteiger partial charge < -0.3 is 10.6 Å². The number of amides is 1. The van der Waals surface area contributed by atoms with E-state index >= 15 is 0 Å². The van der Waals surface area contributed by atoms with E-state index in [4.69, 9.17) is 0 Å².